The average Bonchev–Trinajstić information content (AvgIpc) is 2.87. The molecule has 0 heterocycles. The fraction of sp³-hybridized carbons (Fsp3) is 0. The third kappa shape index (κ3) is 7.53. The van der Waals surface area contributed by atoms with Crippen molar-refractivity contribution in [2.24, 2.45) is 0 Å². The van der Waals surface area contributed by atoms with Gasteiger partial charge < -0.3 is 0 Å². The van der Waals surface area contributed by atoms with Gasteiger partial charge in [-0.1, -0.05) is 273 Å². The predicted octanol–water partition coefficient (Wildman–Crippen LogP) is 23.1. The van der Waals surface area contributed by atoms with E-state index in [1.165, 1.54) is 175 Å². The first-order valence-corrected chi connectivity index (χ1v) is 28.5. The number of benzene rings is 17. The summed E-state index contributed by atoms with van der Waals surface area (Å²) < 4.78 is 0. The van der Waals surface area contributed by atoms with Crippen molar-refractivity contribution < 1.29 is 0 Å². The Hall–Kier alpha value is -10.7. The molecule has 0 amide bonds. The maximum absolute atomic E-state index is 2.35. The molecule has 0 atom stereocenters. The first kappa shape index (κ1) is 46.3. The van der Waals surface area contributed by atoms with Crippen molar-refractivity contribution in [2.45, 2.75) is 0 Å². The van der Waals surface area contributed by atoms with Gasteiger partial charge in [-0.05, 0) is 206 Å². The molecule has 0 saturated carbocycles. The van der Waals surface area contributed by atoms with Gasteiger partial charge in [-0.3, -0.25) is 0 Å². The van der Waals surface area contributed by atoms with E-state index < -0.39 is 0 Å². The van der Waals surface area contributed by atoms with Gasteiger partial charge in [0, 0.05) is 0 Å². The zero-order valence-corrected chi connectivity index (χ0v) is 44.9. The maximum atomic E-state index is 2.35. The van der Waals surface area contributed by atoms with Crippen LogP contribution in [0.5, 0.6) is 0 Å². The molecular formula is C82H50. The lowest BCUT2D eigenvalue weighted by molar-refractivity contribution is 1.58. The molecule has 0 unspecified atom stereocenters. The topological polar surface area (TPSA) is 0 Å². The van der Waals surface area contributed by atoms with Crippen LogP contribution in [0.4, 0.5) is 0 Å². The van der Waals surface area contributed by atoms with E-state index in [1.54, 1.807) is 0 Å². The molecule has 0 radical (unpaired) electrons. The monoisotopic (exact) mass is 1030 g/mol. The van der Waals surface area contributed by atoms with Gasteiger partial charge in [-0.25, -0.2) is 0 Å². The third-order valence-electron chi connectivity index (χ3n) is 17.8. The first-order chi connectivity index (χ1) is 40.6. The van der Waals surface area contributed by atoms with Crippen LogP contribution in [0.25, 0.3) is 175 Å². The van der Waals surface area contributed by atoms with Gasteiger partial charge in [0.05, 0.1) is 0 Å². The lowest BCUT2D eigenvalue weighted by Gasteiger charge is -2.17. The van der Waals surface area contributed by atoms with Crippen LogP contribution in [-0.4, -0.2) is 0 Å². The van der Waals surface area contributed by atoms with Crippen molar-refractivity contribution in [3.05, 3.63) is 303 Å². The number of fused-ring (bicyclic) bond motifs is 2. The van der Waals surface area contributed by atoms with Gasteiger partial charge in [-0.15, -0.1) is 0 Å². The predicted molar refractivity (Wildman–Crippen MR) is 352 cm³/mol. The number of hydrogen-bond donors (Lipinski definition) is 0. The molecule has 0 nitrogen and oxygen atoms in total. The molecule has 0 heteroatoms. The van der Waals surface area contributed by atoms with Gasteiger partial charge in [0.25, 0.3) is 0 Å². The van der Waals surface area contributed by atoms with Crippen molar-refractivity contribution in [1.82, 2.24) is 0 Å². The molecule has 17 aromatic rings. The first-order valence-electron chi connectivity index (χ1n) is 28.5. The SMILES string of the molecule is c1cc(-c2ccc(-c3ccc4ccc5c(-c6cccc(-c7ccc8ccccc8c7)c6)ccc6ccc3c4c65)cc2)cc(-c2ccc(-c3ccc4ccc5c(-c6cccc(-c7ccc8ccccc8c7)c6)ccc6ccc3c4c65)cc2)c1. The highest BCUT2D eigenvalue weighted by molar-refractivity contribution is 6.29. The fourth-order valence-electron chi connectivity index (χ4n) is 13.6. The number of hydrogen-bond acceptors (Lipinski definition) is 0. The van der Waals surface area contributed by atoms with E-state index in [2.05, 4.69) is 303 Å². The summed E-state index contributed by atoms with van der Waals surface area (Å²) in [4.78, 5) is 0. The van der Waals surface area contributed by atoms with Crippen molar-refractivity contribution in [3.63, 3.8) is 0 Å². The van der Waals surface area contributed by atoms with Crippen molar-refractivity contribution in [3.8, 4) is 89.0 Å². The molecule has 0 aliphatic rings. The molecular weight excluding hydrogens is 985 g/mol. The zero-order valence-electron chi connectivity index (χ0n) is 44.9. The van der Waals surface area contributed by atoms with Crippen LogP contribution in [0, 0.1) is 0 Å². The number of rotatable bonds is 8. The van der Waals surface area contributed by atoms with Crippen LogP contribution in [0.15, 0.2) is 303 Å². The summed E-state index contributed by atoms with van der Waals surface area (Å²) in [6.45, 7) is 0. The molecule has 0 spiro atoms. The molecule has 0 aliphatic carbocycles. The van der Waals surface area contributed by atoms with Crippen LogP contribution < -0.4 is 0 Å². The smallest absolute Gasteiger partial charge is 0.00203 e. The van der Waals surface area contributed by atoms with Gasteiger partial charge in [0.2, 0.25) is 0 Å². The van der Waals surface area contributed by atoms with E-state index in [0.717, 1.165) is 0 Å². The van der Waals surface area contributed by atoms with E-state index >= 15 is 0 Å². The van der Waals surface area contributed by atoms with Gasteiger partial charge in [0.15, 0.2) is 0 Å². The Morgan fingerprint density at radius 1 is 0.122 bits per heavy atom. The fourth-order valence-corrected chi connectivity index (χ4v) is 13.6. The Morgan fingerprint density at radius 2 is 0.366 bits per heavy atom. The summed E-state index contributed by atoms with van der Waals surface area (Å²) in [5.41, 5.74) is 19.6. The molecule has 82 heavy (non-hydrogen) atoms. The van der Waals surface area contributed by atoms with Gasteiger partial charge >= 0.3 is 0 Å². The summed E-state index contributed by atoms with van der Waals surface area (Å²) in [6.07, 6.45) is 0. The Bertz CT molecular complexity index is 5040. The molecule has 378 valence electrons. The standard InChI is InChI=1S/C82H50/c1-3-10-61-47-67(28-22-51(61)8-1)65-14-6-16-69(49-65)73-40-32-59-34-42-75-71(38-30-57-36-44-77(73)81(59)79(57)75)55-24-18-53(19-25-55)63-12-5-13-64(46-63)54-20-26-56(27-21-54)72-39-31-58-37-45-78-74(41-33-60-35-43-76(72)80(58)82(60)78)70-17-7-15-66(50-70)68-29-23-52-9-2-4-11-62(52)48-68/h1-50H. The van der Waals surface area contributed by atoms with Gasteiger partial charge in [-0.2, -0.15) is 0 Å². The van der Waals surface area contributed by atoms with Crippen LogP contribution in [0.1, 0.15) is 0 Å². The normalized spacial score (nSPS) is 11.9. The summed E-state index contributed by atoms with van der Waals surface area (Å²) in [5.74, 6) is 0. The van der Waals surface area contributed by atoms with Crippen LogP contribution in [0.3, 0.4) is 0 Å². The maximum Gasteiger partial charge on any atom is -0.00203 e. The van der Waals surface area contributed by atoms with E-state index in [1.807, 2.05) is 0 Å². The molecule has 0 aliphatic heterocycles. The minimum atomic E-state index is 1.20. The van der Waals surface area contributed by atoms with Crippen molar-refractivity contribution >= 4 is 86.2 Å². The second kappa shape index (κ2) is 18.5. The van der Waals surface area contributed by atoms with Crippen LogP contribution >= 0.6 is 0 Å². The van der Waals surface area contributed by atoms with E-state index in [4.69, 9.17) is 0 Å². The van der Waals surface area contributed by atoms with Crippen LogP contribution in [-0.2, 0) is 0 Å². The Kier molecular flexibility index (Phi) is 10.4. The van der Waals surface area contributed by atoms with Crippen LogP contribution in [0.2, 0.25) is 0 Å². The summed E-state index contributed by atoms with van der Waals surface area (Å²) in [6, 6.07) is 113. The Labute approximate surface area is 475 Å². The highest BCUT2D eigenvalue weighted by Gasteiger charge is 2.18. The molecule has 0 N–H and O–H groups in total. The van der Waals surface area contributed by atoms with E-state index in [0.29, 0.717) is 0 Å². The quantitative estimate of drug-likeness (QED) is 0.133. The third-order valence-corrected chi connectivity index (χ3v) is 17.8. The summed E-state index contributed by atoms with van der Waals surface area (Å²) in [5, 5.41) is 20.5. The summed E-state index contributed by atoms with van der Waals surface area (Å²) in [7, 11) is 0. The van der Waals surface area contributed by atoms with E-state index in [-0.39, 0.29) is 0 Å². The minimum Gasteiger partial charge on any atom is -0.0616 e. The van der Waals surface area contributed by atoms with Crippen molar-refractivity contribution in [2.75, 3.05) is 0 Å². The van der Waals surface area contributed by atoms with E-state index in [9.17, 15) is 0 Å². The summed E-state index contributed by atoms with van der Waals surface area (Å²) >= 11 is 0. The molecule has 0 fully saturated rings. The lowest BCUT2D eigenvalue weighted by Crippen LogP contribution is -1.90. The van der Waals surface area contributed by atoms with Crippen molar-refractivity contribution in [1.29, 1.82) is 0 Å². The molecule has 17 rings (SSSR count). The highest BCUT2D eigenvalue weighted by Crippen LogP contribution is 2.46. The molecule has 0 bridgehead atoms. The Balaban J connectivity index is 0.662. The molecule has 0 aromatic heterocycles. The molecule has 0 saturated heterocycles. The average molecular weight is 1040 g/mol. The lowest BCUT2D eigenvalue weighted by atomic mass is 9.86. The second-order valence-corrected chi connectivity index (χ2v) is 22.3. The molecule has 17 aromatic carbocycles. The minimum absolute atomic E-state index is 1.20. The van der Waals surface area contributed by atoms with Gasteiger partial charge in [0.1, 0.15) is 0 Å². The zero-order chi connectivity index (χ0) is 53.8. The second-order valence-electron chi connectivity index (χ2n) is 22.3. The largest absolute Gasteiger partial charge is 0.0616 e. The Morgan fingerprint density at radius 3 is 0.732 bits per heavy atom. The highest BCUT2D eigenvalue weighted by atomic mass is 14.2.